The molecule has 0 rings (SSSR count). The molecule has 62 valence electrons. The van der Waals surface area contributed by atoms with E-state index in [9.17, 15) is 5.11 Å². The molecule has 10 heavy (non-hydrogen) atoms. The van der Waals surface area contributed by atoms with Gasteiger partial charge in [-0.05, 0) is 25.2 Å². The van der Waals surface area contributed by atoms with Gasteiger partial charge in [-0.3, -0.25) is 0 Å². The van der Waals surface area contributed by atoms with Gasteiger partial charge in [0.2, 0.25) is 0 Å². The number of hydrogen-bond donors (Lipinski definition) is 2. The lowest BCUT2D eigenvalue weighted by Crippen LogP contribution is -2.11. The zero-order valence-corrected chi connectivity index (χ0v) is 6.88. The molecule has 0 amide bonds. The highest BCUT2D eigenvalue weighted by atomic mass is 16.3. The van der Waals surface area contributed by atoms with Crippen molar-refractivity contribution in [1.29, 1.82) is 0 Å². The lowest BCUT2D eigenvalue weighted by atomic mass is 9.99. The van der Waals surface area contributed by atoms with Crippen molar-refractivity contribution in [2.45, 2.75) is 39.2 Å². The van der Waals surface area contributed by atoms with E-state index in [0.29, 0.717) is 5.92 Å². The molecule has 2 heteroatoms. The van der Waals surface area contributed by atoms with Crippen molar-refractivity contribution in [3.05, 3.63) is 0 Å². The molecule has 0 aromatic heterocycles. The van der Waals surface area contributed by atoms with E-state index >= 15 is 0 Å². The Morgan fingerprint density at radius 1 is 1.40 bits per heavy atom. The van der Waals surface area contributed by atoms with Crippen LogP contribution in [0, 0.1) is 5.92 Å². The van der Waals surface area contributed by atoms with Crippen LogP contribution < -0.4 is 0 Å². The maximum atomic E-state index is 9.17. The molecule has 0 aliphatic heterocycles. The fraction of sp³-hybridized carbons (Fsp3) is 1.00. The highest BCUT2D eigenvalue weighted by Gasteiger charge is 2.06. The van der Waals surface area contributed by atoms with Crippen molar-refractivity contribution in [2.24, 2.45) is 5.92 Å². The number of aliphatic hydroxyl groups excluding tert-OH is 2. The van der Waals surface area contributed by atoms with E-state index in [4.69, 9.17) is 5.11 Å². The lowest BCUT2D eigenvalue weighted by Gasteiger charge is -2.13. The number of rotatable bonds is 5. The average Bonchev–Trinajstić information content (AvgIpc) is 1.88. The second-order valence-electron chi connectivity index (χ2n) is 2.92. The van der Waals surface area contributed by atoms with Crippen LogP contribution in [-0.4, -0.2) is 22.9 Å². The lowest BCUT2D eigenvalue weighted by molar-refractivity contribution is 0.132. The first-order chi connectivity index (χ1) is 4.70. The van der Waals surface area contributed by atoms with E-state index in [1.165, 1.54) is 0 Å². The Hall–Kier alpha value is -0.0800. The highest BCUT2D eigenvalue weighted by Crippen LogP contribution is 2.11. The van der Waals surface area contributed by atoms with Crippen LogP contribution in [0.1, 0.15) is 33.1 Å². The van der Waals surface area contributed by atoms with Gasteiger partial charge in [-0.1, -0.05) is 13.8 Å². The topological polar surface area (TPSA) is 40.5 Å². The Kier molecular flexibility index (Phi) is 5.64. The molecule has 0 aromatic carbocycles. The standard InChI is InChI=1S/C8H18O2/c1-3-8(10)6-7(2)4-5-9/h7-10H,3-6H2,1-2H3. The van der Waals surface area contributed by atoms with Crippen LogP contribution in [0.3, 0.4) is 0 Å². The predicted molar refractivity (Wildman–Crippen MR) is 41.8 cm³/mol. The van der Waals surface area contributed by atoms with Crippen molar-refractivity contribution < 1.29 is 10.2 Å². The Balaban J connectivity index is 3.27. The summed E-state index contributed by atoms with van der Waals surface area (Å²) < 4.78 is 0. The molecular formula is C8H18O2. The molecule has 0 aromatic rings. The second-order valence-corrected chi connectivity index (χ2v) is 2.92. The van der Waals surface area contributed by atoms with Crippen molar-refractivity contribution in [3.8, 4) is 0 Å². The third kappa shape index (κ3) is 4.77. The molecule has 0 heterocycles. The van der Waals surface area contributed by atoms with Gasteiger partial charge in [0.25, 0.3) is 0 Å². The van der Waals surface area contributed by atoms with Gasteiger partial charge in [0.15, 0.2) is 0 Å². The minimum atomic E-state index is -0.179. The quantitative estimate of drug-likeness (QED) is 0.611. The van der Waals surface area contributed by atoms with Crippen LogP contribution in [0.5, 0.6) is 0 Å². The van der Waals surface area contributed by atoms with Crippen molar-refractivity contribution in [3.63, 3.8) is 0 Å². The Morgan fingerprint density at radius 3 is 2.40 bits per heavy atom. The maximum Gasteiger partial charge on any atom is 0.0540 e. The summed E-state index contributed by atoms with van der Waals surface area (Å²) >= 11 is 0. The van der Waals surface area contributed by atoms with Gasteiger partial charge in [0, 0.05) is 6.61 Å². The minimum Gasteiger partial charge on any atom is -0.396 e. The molecule has 0 aliphatic rings. The van der Waals surface area contributed by atoms with Gasteiger partial charge in [-0.15, -0.1) is 0 Å². The largest absolute Gasteiger partial charge is 0.396 e. The summed E-state index contributed by atoms with van der Waals surface area (Å²) in [5, 5.41) is 17.7. The van der Waals surface area contributed by atoms with Crippen LogP contribution >= 0.6 is 0 Å². The van der Waals surface area contributed by atoms with Gasteiger partial charge in [0.05, 0.1) is 6.10 Å². The zero-order chi connectivity index (χ0) is 7.98. The highest BCUT2D eigenvalue weighted by molar-refractivity contribution is 4.58. The monoisotopic (exact) mass is 146 g/mol. The molecular weight excluding hydrogens is 128 g/mol. The first-order valence-electron chi connectivity index (χ1n) is 3.99. The second kappa shape index (κ2) is 5.69. The molecule has 0 aliphatic carbocycles. The minimum absolute atomic E-state index is 0.179. The summed E-state index contributed by atoms with van der Waals surface area (Å²) in [6, 6.07) is 0. The SMILES string of the molecule is CCC(O)CC(C)CCO. The third-order valence-corrected chi connectivity index (χ3v) is 1.77. The van der Waals surface area contributed by atoms with Crippen LogP contribution in [0.15, 0.2) is 0 Å². The van der Waals surface area contributed by atoms with Crippen LogP contribution in [0.25, 0.3) is 0 Å². The van der Waals surface area contributed by atoms with Crippen molar-refractivity contribution in [1.82, 2.24) is 0 Å². The summed E-state index contributed by atoms with van der Waals surface area (Å²) in [6.45, 7) is 4.25. The van der Waals surface area contributed by atoms with E-state index in [1.807, 2.05) is 6.92 Å². The van der Waals surface area contributed by atoms with Gasteiger partial charge < -0.3 is 10.2 Å². The zero-order valence-electron chi connectivity index (χ0n) is 6.88. The van der Waals surface area contributed by atoms with E-state index in [2.05, 4.69) is 6.92 Å². The van der Waals surface area contributed by atoms with Gasteiger partial charge in [-0.25, -0.2) is 0 Å². The predicted octanol–water partition coefficient (Wildman–Crippen LogP) is 1.17. The Morgan fingerprint density at radius 2 is 2.00 bits per heavy atom. The average molecular weight is 146 g/mol. The summed E-state index contributed by atoms with van der Waals surface area (Å²) in [5.74, 6) is 0.444. The van der Waals surface area contributed by atoms with Crippen molar-refractivity contribution in [2.75, 3.05) is 6.61 Å². The molecule has 2 unspecified atom stereocenters. The van der Waals surface area contributed by atoms with E-state index in [1.54, 1.807) is 0 Å². The first-order valence-corrected chi connectivity index (χ1v) is 3.99. The molecule has 0 spiro atoms. The fourth-order valence-corrected chi connectivity index (χ4v) is 0.969. The first kappa shape index (κ1) is 9.92. The molecule has 0 saturated carbocycles. The molecule has 2 atom stereocenters. The van der Waals surface area contributed by atoms with E-state index < -0.39 is 0 Å². The summed E-state index contributed by atoms with van der Waals surface area (Å²) in [4.78, 5) is 0. The van der Waals surface area contributed by atoms with Gasteiger partial charge in [-0.2, -0.15) is 0 Å². The summed E-state index contributed by atoms with van der Waals surface area (Å²) in [5.41, 5.74) is 0. The van der Waals surface area contributed by atoms with Gasteiger partial charge in [0.1, 0.15) is 0 Å². The van der Waals surface area contributed by atoms with Crippen LogP contribution in [0.4, 0.5) is 0 Å². The summed E-state index contributed by atoms with van der Waals surface area (Å²) in [6.07, 6.45) is 2.26. The molecule has 0 radical (unpaired) electrons. The number of hydrogen-bond acceptors (Lipinski definition) is 2. The third-order valence-electron chi connectivity index (χ3n) is 1.77. The Bertz CT molecular complexity index is 73.7. The van der Waals surface area contributed by atoms with Crippen LogP contribution in [0.2, 0.25) is 0 Å². The normalized spacial score (nSPS) is 16.8. The molecule has 2 N–H and O–H groups in total. The smallest absolute Gasteiger partial charge is 0.0540 e. The van der Waals surface area contributed by atoms with Gasteiger partial charge >= 0.3 is 0 Å². The fourth-order valence-electron chi connectivity index (χ4n) is 0.969. The van der Waals surface area contributed by atoms with Crippen molar-refractivity contribution >= 4 is 0 Å². The maximum absolute atomic E-state index is 9.17. The molecule has 0 saturated heterocycles. The molecule has 0 bridgehead atoms. The Labute approximate surface area is 62.9 Å². The van der Waals surface area contributed by atoms with Crippen LogP contribution in [-0.2, 0) is 0 Å². The summed E-state index contributed by atoms with van der Waals surface area (Å²) in [7, 11) is 0. The number of aliphatic hydroxyl groups is 2. The molecule has 0 fully saturated rings. The molecule has 2 nitrogen and oxygen atoms in total. The van der Waals surface area contributed by atoms with E-state index in [-0.39, 0.29) is 12.7 Å². The van der Waals surface area contributed by atoms with E-state index in [0.717, 1.165) is 19.3 Å².